The zero-order chi connectivity index (χ0) is 21.1. The van der Waals surface area contributed by atoms with E-state index in [9.17, 15) is 9.90 Å². The van der Waals surface area contributed by atoms with Crippen LogP contribution < -0.4 is 10.1 Å². The van der Waals surface area contributed by atoms with Gasteiger partial charge in [-0.15, -0.1) is 0 Å². The van der Waals surface area contributed by atoms with E-state index in [-0.39, 0.29) is 0 Å². The van der Waals surface area contributed by atoms with Gasteiger partial charge in [0, 0.05) is 17.0 Å². The maximum Gasteiger partial charge on any atom is 0.333 e. The average Bonchev–Trinajstić information content (AvgIpc) is 2.77. The summed E-state index contributed by atoms with van der Waals surface area (Å²) in [5.74, 6) is 0.342. The van der Waals surface area contributed by atoms with E-state index in [1.165, 1.54) is 0 Å². The molecule has 0 bridgehead atoms. The number of carboxylic acid groups (broad SMARTS) is 1. The molecule has 4 rings (SSSR count). The van der Waals surface area contributed by atoms with E-state index >= 15 is 0 Å². The fourth-order valence-electron chi connectivity index (χ4n) is 3.33. The summed E-state index contributed by atoms with van der Waals surface area (Å²) in [6, 6.07) is 23.1. The monoisotopic (exact) mass is 399 g/mol. The summed E-state index contributed by atoms with van der Waals surface area (Å²) >= 11 is 0. The highest BCUT2D eigenvalue weighted by Crippen LogP contribution is 2.25. The third-order valence-corrected chi connectivity index (χ3v) is 4.89. The van der Waals surface area contributed by atoms with Crippen LogP contribution in [0.4, 0.5) is 0 Å². The number of fused-ring (bicyclic) bond motifs is 1. The van der Waals surface area contributed by atoms with Crippen LogP contribution in [-0.4, -0.2) is 18.2 Å². The Bertz CT molecular complexity index is 1260. The first-order chi connectivity index (χ1) is 14.5. The lowest BCUT2D eigenvalue weighted by Crippen LogP contribution is -2.15. The van der Waals surface area contributed by atoms with Gasteiger partial charge < -0.3 is 14.3 Å². The molecule has 1 aromatic heterocycles. The number of hydrogen-bond acceptors (Lipinski definition) is 4. The summed E-state index contributed by atoms with van der Waals surface area (Å²) in [4.78, 5) is 16.6. The van der Waals surface area contributed by atoms with Gasteiger partial charge in [0.2, 0.25) is 0 Å². The third-order valence-electron chi connectivity index (χ3n) is 4.89. The fourth-order valence-corrected chi connectivity index (χ4v) is 3.33. The predicted octanol–water partition coefficient (Wildman–Crippen LogP) is 5.14. The van der Waals surface area contributed by atoms with Gasteiger partial charge >= 0.3 is 5.97 Å². The Morgan fingerprint density at radius 2 is 1.73 bits per heavy atom. The van der Waals surface area contributed by atoms with Crippen molar-refractivity contribution >= 4 is 16.9 Å². The first-order valence-corrected chi connectivity index (χ1v) is 9.55. The Hall–Kier alpha value is -3.86. The lowest BCUT2D eigenvalue weighted by molar-refractivity contribution is -0.138. The highest BCUT2D eigenvalue weighted by molar-refractivity contribution is 5.80. The van der Waals surface area contributed by atoms with Crippen molar-refractivity contribution in [3.05, 3.63) is 95.3 Å². The standard InChI is InChI=1S/C25H21NO4/c1-16-8-13-22-20(14-16)21(26-24(25(27)28)18-6-4-3-5-7-18)15-23(30-22)17-9-11-19(29-2)12-10-17/h3-15,24H,1-2H3,(H,27,28)/t24-/m1/s1. The second-order valence-electron chi connectivity index (χ2n) is 7.00. The molecule has 150 valence electrons. The number of nitrogens with zero attached hydrogens (tertiary/aromatic N) is 1. The third kappa shape index (κ3) is 3.96. The number of rotatable bonds is 5. The average molecular weight is 399 g/mol. The van der Waals surface area contributed by atoms with E-state index in [0.717, 1.165) is 22.3 Å². The zero-order valence-corrected chi connectivity index (χ0v) is 16.7. The molecule has 1 atom stereocenters. The Kier molecular flexibility index (Phi) is 5.35. The van der Waals surface area contributed by atoms with E-state index in [1.807, 2.05) is 67.6 Å². The molecule has 5 heteroatoms. The van der Waals surface area contributed by atoms with Crippen LogP contribution in [0.3, 0.4) is 0 Å². The van der Waals surface area contributed by atoms with Gasteiger partial charge in [-0.25, -0.2) is 4.79 Å². The van der Waals surface area contributed by atoms with Crippen molar-refractivity contribution in [2.75, 3.05) is 7.11 Å². The minimum absolute atomic E-state index is 0.571. The molecule has 0 saturated heterocycles. The number of ether oxygens (including phenoxy) is 1. The molecule has 1 N–H and O–H groups in total. The minimum Gasteiger partial charge on any atom is -0.497 e. The first kappa shape index (κ1) is 19.5. The summed E-state index contributed by atoms with van der Waals surface area (Å²) in [6.45, 7) is 1.98. The lowest BCUT2D eigenvalue weighted by atomic mass is 10.1. The molecule has 0 spiro atoms. The quantitative estimate of drug-likeness (QED) is 0.504. The van der Waals surface area contributed by atoms with Crippen LogP contribution in [0.1, 0.15) is 17.2 Å². The molecule has 0 aliphatic heterocycles. The second kappa shape index (κ2) is 8.25. The van der Waals surface area contributed by atoms with Crippen molar-refractivity contribution < 1.29 is 19.1 Å². The number of aliphatic carboxylic acids is 1. The van der Waals surface area contributed by atoms with Gasteiger partial charge in [-0.1, -0.05) is 42.0 Å². The van der Waals surface area contributed by atoms with Crippen molar-refractivity contribution in [1.82, 2.24) is 0 Å². The number of aryl methyl sites for hydroxylation is 1. The van der Waals surface area contributed by atoms with Crippen LogP contribution in [0.15, 0.2) is 88.3 Å². The molecule has 0 aliphatic carbocycles. The van der Waals surface area contributed by atoms with Crippen molar-refractivity contribution in [3.8, 4) is 17.1 Å². The summed E-state index contributed by atoms with van der Waals surface area (Å²) < 4.78 is 11.3. The molecule has 0 radical (unpaired) electrons. The van der Waals surface area contributed by atoms with Gasteiger partial charge in [-0.3, -0.25) is 4.99 Å². The maximum absolute atomic E-state index is 12.0. The Balaban J connectivity index is 1.95. The lowest BCUT2D eigenvalue weighted by Gasteiger charge is -2.10. The molecule has 0 fully saturated rings. The van der Waals surface area contributed by atoms with E-state index < -0.39 is 12.0 Å². The van der Waals surface area contributed by atoms with Gasteiger partial charge in [0.15, 0.2) is 6.04 Å². The summed E-state index contributed by atoms with van der Waals surface area (Å²) in [7, 11) is 1.62. The SMILES string of the molecule is COc1ccc(-c2cc(=N[C@@H](C(=O)O)c3ccccc3)c3cc(C)ccc3o2)cc1. The fraction of sp³-hybridized carbons (Fsp3) is 0.120. The molecular weight excluding hydrogens is 378 g/mol. The van der Waals surface area contributed by atoms with Crippen molar-refractivity contribution in [3.63, 3.8) is 0 Å². The normalized spacial score (nSPS) is 12.7. The molecule has 0 amide bonds. The maximum atomic E-state index is 12.0. The molecule has 4 aromatic rings. The zero-order valence-electron chi connectivity index (χ0n) is 16.7. The van der Waals surface area contributed by atoms with Gasteiger partial charge in [0.1, 0.15) is 17.1 Å². The van der Waals surface area contributed by atoms with Crippen LogP contribution in [-0.2, 0) is 4.79 Å². The van der Waals surface area contributed by atoms with Crippen LogP contribution >= 0.6 is 0 Å². The first-order valence-electron chi connectivity index (χ1n) is 9.55. The molecule has 5 nitrogen and oxygen atoms in total. The van der Waals surface area contributed by atoms with E-state index in [1.54, 1.807) is 25.3 Å². The van der Waals surface area contributed by atoms with E-state index in [0.29, 0.717) is 22.3 Å². The molecule has 0 saturated carbocycles. The van der Waals surface area contributed by atoms with Crippen molar-refractivity contribution in [2.24, 2.45) is 4.99 Å². The number of hydrogen-bond donors (Lipinski definition) is 1. The highest BCUT2D eigenvalue weighted by atomic mass is 16.5. The largest absolute Gasteiger partial charge is 0.497 e. The van der Waals surface area contributed by atoms with Gasteiger partial charge in [-0.2, -0.15) is 0 Å². The molecule has 0 unspecified atom stereocenters. The highest BCUT2D eigenvalue weighted by Gasteiger charge is 2.18. The Morgan fingerprint density at radius 1 is 1.00 bits per heavy atom. The molecular formula is C25H21NO4. The summed E-state index contributed by atoms with van der Waals surface area (Å²) in [5.41, 5.74) is 3.15. The molecule has 30 heavy (non-hydrogen) atoms. The van der Waals surface area contributed by atoms with Crippen LogP contribution in [0.5, 0.6) is 5.75 Å². The van der Waals surface area contributed by atoms with Gasteiger partial charge in [0.05, 0.1) is 12.5 Å². The molecule has 3 aromatic carbocycles. The molecule has 0 aliphatic rings. The van der Waals surface area contributed by atoms with E-state index in [4.69, 9.17) is 9.15 Å². The van der Waals surface area contributed by atoms with Crippen molar-refractivity contribution in [1.29, 1.82) is 0 Å². The number of benzene rings is 3. The van der Waals surface area contributed by atoms with Crippen LogP contribution in [0.25, 0.3) is 22.3 Å². The Morgan fingerprint density at radius 3 is 2.40 bits per heavy atom. The number of carbonyl (C=O) groups is 1. The molecule has 1 heterocycles. The van der Waals surface area contributed by atoms with Gasteiger partial charge in [-0.05, 0) is 48.9 Å². The topological polar surface area (TPSA) is 72.0 Å². The van der Waals surface area contributed by atoms with Crippen LogP contribution in [0, 0.1) is 6.92 Å². The second-order valence-corrected chi connectivity index (χ2v) is 7.00. The minimum atomic E-state index is -1.01. The van der Waals surface area contributed by atoms with Crippen molar-refractivity contribution in [2.45, 2.75) is 13.0 Å². The predicted molar refractivity (Wildman–Crippen MR) is 115 cm³/mol. The van der Waals surface area contributed by atoms with E-state index in [2.05, 4.69) is 4.99 Å². The summed E-state index contributed by atoms with van der Waals surface area (Å²) in [6.07, 6.45) is 0. The Labute approximate surface area is 173 Å². The smallest absolute Gasteiger partial charge is 0.333 e. The van der Waals surface area contributed by atoms with Gasteiger partial charge in [0.25, 0.3) is 0 Å². The summed E-state index contributed by atoms with van der Waals surface area (Å²) in [5, 5.41) is 11.2. The number of methoxy groups -OCH3 is 1. The number of carboxylic acids is 1. The van der Waals surface area contributed by atoms with Crippen LogP contribution in [0.2, 0.25) is 0 Å².